The van der Waals surface area contributed by atoms with E-state index in [1.165, 1.54) is 18.5 Å². The largest absolute Gasteiger partial charge is 0.443 e. The van der Waals surface area contributed by atoms with Gasteiger partial charge in [-0.15, -0.1) is 0 Å². The molecule has 0 unspecified atom stereocenters. The normalized spacial score (nSPS) is 15.1. The van der Waals surface area contributed by atoms with Crippen LogP contribution in [0, 0.1) is 10.1 Å². The monoisotopic (exact) mass is 359 g/mol. The van der Waals surface area contributed by atoms with Gasteiger partial charge in [-0.25, -0.2) is 14.8 Å². The van der Waals surface area contributed by atoms with Crippen LogP contribution in [0.1, 0.15) is 19.5 Å². The number of nitrogens with one attached hydrogen (secondary N) is 1. The lowest BCUT2D eigenvalue weighted by molar-refractivity contribution is -0.384. The number of carbonyl (C=O) groups excluding carboxylic acids is 1. The molecule has 0 spiro atoms. The molecule has 1 saturated heterocycles. The summed E-state index contributed by atoms with van der Waals surface area (Å²) in [5.41, 5.74) is 0.388. The van der Waals surface area contributed by atoms with Gasteiger partial charge in [-0.3, -0.25) is 10.1 Å². The minimum absolute atomic E-state index is 0.0239. The number of amides is 1. The van der Waals surface area contributed by atoms with E-state index in [9.17, 15) is 14.9 Å². The summed E-state index contributed by atoms with van der Waals surface area (Å²) in [6.45, 7) is 6.32. The van der Waals surface area contributed by atoms with Crippen molar-refractivity contribution in [3.63, 3.8) is 0 Å². The molecule has 1 aromatic heterocycles. The van der Waals surface area contributed by atoms with E-state index in [1.54, 1.807) is 24.8 Å². The molecule has 9 heteroatoms. The molecule has 0 atom stereocenters. The number of rotatable bonds is 4. The molecule has 1 amide bonds. The van der Waals surface area contributed by atoms with Crippen molar-refractivity contribution in [2.24, 2.45) is 0 Å². The second-order valence-corrected chi connectivity index (χ2v) is 6.82. The third kappa shape index (κ3) is 4.05. The van der Waals surface area contributed by atoms with Crippen molar-refractivity contribution in [1.82, 2.24) is 20.2 Å². The first-order chi connectivity index (χ1) is 12.4. The fourth-order valence-electron chi connectivity index (χ4n) is 2.94. The van der Waals surface area contributed by atoms with Crippen molar-refractivity contribution in [3.8, 4) is 0 Å². The summed E-state index contributed by atoms with van der Waals surface area (Å²) in [7, 11) is 0. The summed E-state index contributed by atoms with van der Waals surface area (Å²) >= 11 is 0. The molecule has 0 bridgehead atoms. The van der Waals surface area contributed by atoms with Gasteiger partial charge in [0.15, 0.2) is 0 Å². The van der Waals surface area contributed by atoms with Crippen molar-refractivity contribution in [2.45, 2.75) is 25.9 Å². The maximum atomic E-state index is 12.4. The summed E-state index contributed by atoms with van der Waals surface area (Å²) in [4.78, 5) is 33.0. The Balaban J connectivity index is 1.81. The molecule has 0 aliphatic carbocycles. The van der Waals surface area contributed by atoms with Crippen LogP contribution in [0.2, 0.25) is 0 Å². The highest BCUT2D eigenvalue weighted by Gasteiger charge is 2.29. The molecule has 9 nitrogen and oxygen atoms in total. The Hall–Kier alpha value is -2.81. The number of benzene rings is 1. The topological polar surface area (TPSA) is 110 Å². The number of aromatic nitrogens is 2. The lowest BCUT2D eigenvalue weighted by atomic mass is 9.99. The van der Waals surface area contributed by atoms with E-state index in [-0.39, 0.29) is 11.8 Å². The second kappa shape index (κ2) is 7.20. The molecule has 3 rings (SSSR count). The molecule has 26 heavy (non-hydrogen) atoms. The first-order valence-electron chi connectivity index (χ1n) is 8.42. The van der Waals surface area contributed by atoms with Gasteiger partial charge in [0, 0.05) is 50.1 Å². The molecule has 1 aromatic carbocycles. The highest BCUT2D eigenvalue weighted by atomic mass is 16.6. The molecule has 1 aliphatic heterocycles. The summed E-state index contributed by atoms with van der Waals surface area (Å²) in [5.74, 6) is 0. The Morgan fingerprint density at radius 1 is 1.35 bits per heavy atom. The van der Waals surface area contributed by atoms with Gasteiger partial charge in [0.1, 0.15) is 11.9 Å². The second-order valence-electron chi connectivity index (χ2n) is 6.82. The van der Waals surface area contributed by atoms with Crippen molar-refractivity contribution >= 4 is 22.7 Å². The molecule has 1 aliphatic rings. The van der Waals surface area contributed by atoms with Crippen LogP contribution in [0.5, 0.6) is 0 Å². The van der Waals surface area contributed by atoms with E-state index in [0.29, 0.717) is 36.1 Å². The lowest BCUT2D eigenvalue weighted by Gasteiger charge is -2.32. The zero-order valence-electron chi connectivity index (χ0n) is 14.8. The number of nitrogens with zero attached hydrogens (tertiary/aromatic N) is 4. The van der Waals surface area contributed by atoms with Crippen molar-refractivity contribution < 1.29 is 14.5 Å². The van der Waals surface area contributed by atoms with E-state index in [2.05, 4.69) is 15.3 Å². The van der Waals surface area contributed by atoms with Crippen molar-refractivity contribution in [2.75, 3.05) is 26.2 Å². The van der Waals surface area contributed by atoms with Crippen LogP contribution in [0.3, 0.4) is 0 Å². The Morgan fingerprint density at radius 2 is 2.08 bits per heavy atom. The third-order valence-corrected chi connectivity index (χ3v) is 4.24. The molecule has 138 valence electrons. The van der Waals surface area contributed by atoms with E-state index in [0.717, 1.165) is 13.1 Å². The molecule has 0 saturated carbocycles. The summed E-state index contributed by atoms with van der Waals surface area (Å²) in [5, 5.41) is 14.8. The summed E-state index contributed by atoms with van der Waals surface area (Å²) in [6.07, 6.45) is 1.38. The molecule has 2 aromatic rings. The van der Waals surface area contributed by atoms with E-state index >= 15 is 0 Å². The molecular formula is C17H21N5O4. The van der Waals surface area contributed by atoms with Crippen LogP contribution in [0.4, 0.5) is 10.5 Å². The van der Waals surface area contributed by atoms with Gasteiger partial charge >= 0.3 is 6.09 Å². The average molecular weight is 359 g/mol. The first-order valence-corrected chi connectivity index (χ1v) is 8.42. The number of hydrogen-bond acceptors (Lipinski definition) is 7. The van der Waals surface area contributed by atoms with E-state index in [1.807, 2.05) is 0 Å². The zero-order chi connectivity index (χ0) is 18.7. The molecule has 0 radical (unpaired) electrons. The smallest absolute Gasteiger partial charge is 0.410 e. The Kier molecular flexibility index (Phi) is 4.99. The number of nitro groups is 1. The maximum absolute atomic E-state index is 12.4. The number of ether oxygens (including phenoxy) is 1. The standard InChI is InChI=1S/C17H21N5O4/c1-17(2,26-16(23)21-7-5-18-6-8-21)10-15-13-9-12(22(24)25)3-4-14(13)19-11-20-15/h3-4,9,11,18H,5-8,10H2,1-2H3. The molecule has 1 fully saturated rings. The minimum Gasteiger partial charge on any atom is -0.443 e. The maximum Gasteiger partial charge on any atom is 0.410 e. The predicted octanol–water partition coefficient (Wildman–Crippen LogP) is 1.90. The number of hydrogen-bond donors (Lipinski definition) is 1. The van der Waals surface area contributed by atoms with Crippen LogP contribution in [0.15, 0.2) is 24.5 Å². The van der Waals surface area contributed by atoms with Gasteiger partial charge in [0.05, 0.1) is 16.1 Å². The fraction of sp³-hybridized carbons (Fsp3) is 0.471. The van der Waals surface area contributed by atoms with Crippen LogP contribution in [-0.2, 0) is 11.2 Å². The summed E-state index contributed by atoms with van der Waals surface area (Å²) < 4.78 is 5.67. The summed E-state index contributed by atoms with van der Waals surface area (Å²) in [6, 6.07) is 4.46. The Bertz CT molecular complexity index is 833. The van der Waals surface area contributed by atoms with E-state index in [4.69, 9.17) is 4.74 Å². The minimum atomic E-state index is -0.812. The number of carbonyl (C=O) groups is 1. The zero-order valence-corrected chi connectivity index (χ0v) is 14.8. The predicted molar refractivity (Wildman–Crippen MR) is 94.9 cm³/mol. The number of nitro benzene ring substituents is 1. The number of non-ortho nitro benzene ring substituents is 1. The van der Waals surface area contributed by atoms with Crippen LogP contribution >= 0.6 is 0 Å². The van der Waals surface area contributed by atoms with Crippen LogP contribution in [0.25, 0.3) is 10.9 Å². The highest BCUT2D eigenvalue weighted by Crippen LogP contribution is 2.25. The first kappa shape index (κ1) is 18.0. The van der Waals surface area contributed by atoms with Crippen LogP contribution in [-0.4, -0.2) is 57.7 Å². The van der Waals surface area contributed by atoms with Crippen LogP contribution < -0.4 is 5.32 Å². The fourth-order valence-corrected chi connectivity index (χ4v) is 2.94. The highest BCUT2D eigenvalue weighted by molar-refractivity contribution is 5.83. The van der Waals surface area contributed by atoms with Gasteiger partial charge in [-0.1, -0.05) is 0 Å². The Morgan fingerprint density at radius 3 is 2.77 bits per heavy atom. The lowest BCUT2D eigenvalue weighted by Crippen LogP contribution is -2.48. The van der Waals surface area contributed by atoms with Crippen molar-refractivity contribution in [3.05, 3.63) is 40.3 Å². The van der Waals surface area contributed by atoms with Gasteiger partial charge < -0.3 is 15.0 Å². The van der Waals surface area contributed by atoms with Gasteiger partial charge in [-0.05, 0) is 19.9 Å². The Labute approximate surface area is 150 Å². The molecule has 2 heterocycles. The average Bonchev–Trinajstić information content (AvgIpc) is 2.61. The number of fused-ring (bicyclic) bond motifs is 1. The van der Waals surface area contributed by atoms with Gasteiger partial charge in [0.25, 0.3) is 5.69 Å². The SMILES string of the molecule is CC(C)(Cc1ncnc2ccc([N+](=O)[O-])cc12)OC(=O)N1CCNCC1. The van der Waals surface area contributed by atoms with Crippen molar-refractivity contribution in [1.29, 1.82) is 0 Å². The number of piperazine rings is 1. The van der Waals surface area contributed by atoms with E-state index < -0.39 is 10.5 Å². The van der Waals surface area contributed by atoms with Gasteiger partial charge in [0.2, 0.25) is 0 Å². The quantitative estimate of drug-likeness (QED) is 0.655. The molecule has 1 N–H and O–H groups in total. The molecular weight excluding hydrogens is 338 g/mol. The third-order valence-electron chi connectivity index (χ3n) is 4.24. The van der Waals surface area contributed by atoms with Gasteiger partial charge in [-0.2, -0.15) is 0 Å².